The van der Waals surface area contributed by atoms with Gasteiger partial charge in [-0.1, -0.05) is 42.5 Å². The molecule has 1 aliphatic heterocycles. The van der Waals surface area contributed by atoms with Crippen LogP contribution >= 0.6 is 0 Å². The highest BCUT2D eigenvalue weighted by atomic mass is 19.1. The molecule has 3 atom stereocenters. The van der Waals surface area contributed by atoms with Crippen molar-refractivity contribution in [3.8, 4) is 6.07 Å². The number of nitriles is 1. The van der Waals surface area contributed by atoms with Gasteiger partial charge in [-0.05, 0) is 17.7 Å². The summed E-state index contributed by atoms with van der Waals surface area (Å²) in [5.74, 6) is -1.48. The molecule has 4 nitrogen and oxygen atoms in total. The lowest BCUT2D eigenvalue weighted by Gasteiger charge is -2.51. The van der Waals surface area contributed by atoms with Crippen molar-refractivity contribution >= 4 is 5.91 Å². The van der Waals surface area contributed by atoms with Crippen LogP contribution in [0.5, 0.6) is 0 Å². The summed E-state index contributed by atoms with van der Waals surface area (Å²) < 4.78 is 13.9. The van der Waals surface area contributed by atoms with Crippen LogP contribution in [0.1, 0.15) is 21.8 Å². The highest BCUT2D eigenvalue weighted by Crippen LogP contribution is 2.41. The van der Waals surface area contributed by atoms with Gasteiger partial charge in [-0.2, -0.15) is 5.26 Å². The molecule has 1 saturated heterocycles. The van der Waals surface area contributed by atoms with Crippen LogP contribution in [0.2, 0.25) is 0 Å². The van der Waals surface area contributed by atoms with Crippen molar-refractivity contribution in [2.45, 2.75) is 18.0 Å². The zero-order valence-corrected chi connectivity index (χ0v) is 12.3. The van der Waals surface area contributed by atoms with E-state index in [-0.39, 0.29) is 18.1 Å². The molecule has 0 aromatic heterocycles. The van der Waals surface area contributed by atoms with Gasteiger partial charge in [0.05, 0.1) is 24.3 Å². The van der Waals surface area contributed by atoms with E-state index >= 15 is 0 Å². The number of nitrogens with zero attached hydrogens (tertiary/aromatic N) is 2. The van der Waals surface area contributed by atoms with Crippen molar-refractivity contribution in [1.29, 1.82) is 5.26 Å². The lowest BCUT2D eigenvalue weighted by Crippen LogP contribution is -2.65. The number of hydrogen-bond donors (Lipinski definition) is 1. The maximum atomic E-state index is 13.9. The zero-order chi connectivity index (χ0) is 16.4. The standard InChI is InChI=1S/C18H15FN2O2/c19-14-9-5-4-8-13(14)18(23)21-15(10-20)17(16(21)11-22)12-6-2-1-3-7-12/h1-9,15-17,22H,11H2/t15-,16+,17-/m0/s1. The van der Waals surface area contributed by atoms with E-state index in [0.717, 1.165) is 5.56 Å². The molecule has 0 unspecified atom stereocenters. The monoisotopic (exact) mass is 310 g/mol. The Balaban J connectivity index is 1.93. The quantitative estimate of drug-likeness (QED) is 0.946. The number of benzene rings is 2. The molecule has 23 heavy (non-hydrogen) atoms. The molecule has 116 valence electrons. The normalized spacial score (nSPS) is 23.0. The minimum Gasteiger partial charge on any atom is -0.394 e. The molecular formula is C18H15FN2O2. The third-order valence-corrected chi connectivity index (χ3v) is 4.25. The summed E-state index contributed by atoms with van der Waals surface area (Å²) in [6.07, 6.45) is 0. The summed E-state index contributed by atoms with van der Waals surface area (Å²) in [5, 5.41) is 19.1. The predicted molar refractivity (Wildman–Crippen MR) is 82.0 cm³/mol. The molecule has 1 amide bonds. The second-order valence-electron chi connectivity index (χ2n) is 5.45. The van der Waals surface area contributed by atoms with E-state index in [2.05, 4.69) is 6.07 Å². The van der Waals surface area contributed by atoms with Crippen LogP contribution in [-0.2, 0) is 0 Å². The van der Waals surface area contributed by atoms with Crippen molar-refractivity contribution in [3.63, 3.8) is 0 Å². The van der Waals surface area contributed by atoms with Gasteiger partial charge in [0, 0.05) is 5.92 Å². The van der Waals surface area contributed by atoms with Crippen molar-refractivity contribution < 1.29 is 14.3 Å². The average molecular weight is 310 g/mol. The fraction of sp³-hybridized carbons (Fsp3) is 0.222. The van der Waals surface area contributed by atoms with E-state index in [9.17, 15) is 19.6 Å². The number of amides is 1. The molecule has 1 fully saturated rings. The van der Waals surface area contributed by atoms with Crippen LogP contribution in [0.25, 0.3) is 0 Å². The van der Waals surface area contributed by atoms with E-state index in [0.29, 0.717) is 0 Å². The first-order valence-corrected chi connectivity index (χ1v) is 7.31. The Bertz CT molecular complexity index is 757. The molecule has 0 aliphatic carbocycles. The van der Waals surface area contributed by atoms with Crippen molar-refractivity contribution in [2.24, 2.45) is 0 Å². The molecule has 2 aromatic rings. The Hall–Kier alpha value is -2.71. The second-order valence-corrected chi connectivity index (χ2v) is 5.45. The number of carbonyl (C=O) groups is 1. The van der Waals surface area contributed by atoms with Crippen LogP contribution in [0.3, 0.4) is 0 Å². The molecular weight excluding hydrogens is 295 g/mol. The molecule has 0 spiro atoms. The van der Waals surface area contributed by atoms with Gasteiger partial charge in [0.2, 0.25) is 0 Å². The Labute approximate surface area is 133 Å². The fourth-order valence-electron chi connectivity index (χ4n) is 3.14. The summed E-state index contributed by atoms with van der Waals surface area (Å²) in [6, 6.07) is 15.8. The van der Waals surface area contributed by atoms with Gasteiger partial charge < -0.3 is 10.0 Å². The Morgan fingerprint density at radius 2 is 1.83 bits per heavy atom. The maximum absolute atomic E-state index is 13.9. The number of aliphatic hydroxyl groups excluding tert-OH is 1. The van der Waals surface area contributed by atoms with E-state index in [1.807, 2.05) is 30.3 Å². The summed E-state index contributed by atoms with van der Waals surface area (Å²) in [7, 11) is 0. The first kappa shape index (κ1) is 15.2. The van der Waals surface area contributed by atoms with Crippen LogP contribution in [-0.4, -0.2) is 34.6 Å². The van der Waals surface area contributed by atoms with Crippen LogP contribution in [0.4, 0.5) is 4.39 Å². The van der Waals surface area contributed by atoms with Crippen molar-refractivity contribution in [1.82, 2.24) is 4.90 Å². The molecule has 3 rings (SSSR count). The van der Waals surface area contributed by atoms with Crippen LogP contribution in [0.15, 0.2) is 54.6 Å². The summed E-state index contributed by atoms with van der Waals surface area (Å²) in [6.45, 7) is -0.280. The van der Waals surface area contributed by atoms with Crippen LogP contribution < -0.4 is 0 Å². The molecule has 1 aliphatic rings. The molecule has 0 radical (unpaired) electrons. The lowest BCUT2D eigenvalue weighted by molar-refractivity contribution is -0.00618. The van der Waals surface area contributed by atoms with E-state index in [4.69, 9.17) is 0 Å². The summed E-state index contributed by atoms with van der Waals surface area (Å²) >= 11 is 0. The third kappa shape index (κ3) is 2.47. The fourth-order valence-corrected chi connectivity index (χ4v) is 3.14. The number of aliphatic hydroxyl groups is 1. The lowest BCUT2D eigenvalue weighted by atomic mass is 9.75. The van der Waals surface area contributed by atoms with Crippen LogP contribution in [0, 0.1) is 17.1 Å². The van der Waals surface area contributed by atoms with Gasteiger partial charge >= 0.3 is 0 Å². The Morgan fingerprint density at radius 3 is 2.43 bits per heavy atom. The molecule has 1 N–H and O–H groups in total. The van der Waals surface area contributed by atoms with Gasteiger partial charge in [-0.15, -0.1) is 0 Å². The molecule has 5 heteroatoms. The van der Waals surface area contributed by atoms with E-state index in [1.165, 1.54) is 23.1 Å². The van der Waals surface area contributed by atoms with Gasteiger partial charge in [-0.25, -0.2) is 4.39 Å². The maximum Gasteiger partial charge on any atom is 0.258 e. The summed E-state index contributed by atoms with van der Waals surface area (Å²) in [5.41, 5.74) is 0.799. The van der Waals surface area contributed by atoms with E-state index < -0.39 is 23.8 Å². The van der Waals surface area contributed by atoms with E-state index in [1.54, 1.807) is 6.07 Å². The average Bonchev–Trinajstić information content (AvgIpc) is 2.56. The number of hydrogen-bond acceptors (Lipinski definition) is 3. The SMILES string of the molecule is N#C[C@H]1[C@H](c2ccccc2)[C@@H](CO)N1C(=O)c1ccccc1F. The zero-order valence-electron chi connectivity index (χ0n) is 12.3. The highest BCUT2D eigenvalue weighted by Gasteiger charge is 2.52. The van der Waals surface area contributed by atoms with Crippen molar-refractivity contribution in [3.05, 3.63) is 71.5 Å². The largest absolute Gasteiger partial charge is 0.394 e. The molecule has 0 saturated carbocycles. The number of carbonyl (C=O) groups excluding carboxylic acids is 1. The topological polar surface area (TPSA) is 64.3 Å². The van der Waals surface area contributed by atoms with Gasteiger partial charge in [0.1, 0.15) is 11.9 Å². The first-order chi connectivity index (χ1) is 11.2. The smallest absolute Gasteiger partial charge is 0.258 e. The second kappa shape index (κ2) is 6.19. The number of halogens is 1. The molecule has 1 heterocycles. The molecule has 0 bridgehead atoms. The Morgan fingerprint density at radius 1 is 1.17 bits per heavy atom. The van der Waals surface area contributed by atoms with Gasteiger partial charge in [0.25, 0.3) is 5.91 Å². The Kier molecular flexibility index (Phi) is 4.09. The first-order valence-electron chi connectivity index (χ1n) is 7.31. The predicted octanol–water partition coefficient (Wildman–Crippen LogP) is 2.32. The highest BCUT2D eigenvalue weighted by molar-refractivity contribution is 5.96. The third-order valence-electron chi connectivity index (χ3n) is 4.25. The molecule has 2 aromatic carbocycles. The minimum atomic E-state index is -0.721. The number of likely N-dealkylation sites (tertiary alicyclic amines) is 1. The number of rotatable bonds is 3. The minimum absolute atomic E-state index is 0.0855. The van der Waals surface area contributed by atoms with Gasteiger partial charge in [-0.3, -0.25) is 4.79 Å². The van der Waals surface area contributed by atoms with Gasteiger partial charge in [0.15, 0.2) is 0 Å². The summed E-state index contributed by atoms with van der Waals surface area (Å²) in [4.78, 5) is 13.9. The van der Waals surface area contributed by atoms with Crippen molar-refractivity contribution in [2.75, 3.05) is 6.61 Å².